The van der Waals surface area contributed by atoms with Gasteiger partial charge in [-0.1, -0.05) is 17.7 Å². The number of benzene rings is 1. The van der Waals surface area contributed by atoms with Crippen LogP contribution in [-0.4, -0.2) is 18.7 Å². The van der Waals surface area contributed by atoms with Gasteiger partial charge >= 0.3 is 5.97 Å². The highest BCUT2D eigenvalue weighted by molar-refractivity contribution is 6.33. The molecule has 0 amide bonds. The highest BCUT2D eigenvalue weighted by Gasteiger charge is 2.01. The second kappa shape index (κ2) is 6.05. The Bertz CT molecular complexity index is 439. The van der Waals surface area contributed by atoms with Crippen molar-refractivity contribution in [3.05, 3.63) is 28.8 Å². The van der Waals surface area contributed by atoms with Crippen LogP contribution in [0.2, 0.25) is 5.02 Å². The van der Waals surface area contributed by atoms with Crippen molar-refractivity contribution in [2.75, 3.05) is 6.61 Å². The molecule has 0 spiro atoms. The fourth-order valence-corrected chi connectivity index (χ4v) is 1.40. The van der Waals surface area contributed by atoms with Gasteiger partial charge in [0.2, 0.25) is 6.08 Å². The molecule has 0 aliphatic carbocycles. The Labute approximate surface area is 97.9 Å². The molecule has 1 aromatic rings. The Morgan fingerprint density at radius 3 is 2.88 bits per heavy atom. The third-order valence-electron chi connectivity index (χ3n) is 1.87. The number of halogens is 1. The molecule has 0 heterocycles. The Morgan fingerprint density at radius 2 is 2.31 bits per heavy atom. The number of ether oxygens (including phenoxy) is 1. The van der Waals surface area contributed by atoms with E-state index in [2.05, 4.69) is 4.99 Å². The third kappa shape index (κ3) is 3.85. The molecule has 4 nitrogen and oxygen atoms in total. The Balaban J connectivity index is 2.66. The normalized spacial score (nSPS) is 9.38. The fourth-order valence-electron chi connectivity index (χ4n) is 1.16. The topological polar surface area (TPSA) is 55.7 Å². The van der Waals surface area contributed by atoms with Crippen LogP contribution in [0.15, 0.2) is 23.2 Å². The maximum Gasteiger partial charge on any atom is 0.302 e. The summed E-state index contributed by atoms with van der Waals surface area (Å²) in [5.74, 6) is -0.312. The lowest BCUT2D eigenvalue weighted by molar-refractivity contribution is -0.140. The van der Waals surface area contributed by atoms with Crippen LogP contribution in [0.4, 0.5) is 5.69 Å². The number of isocyanates is 1. The SMILES string of the molecule is CC(=O)OCCc1ccc(N=C=O)c(Cl)c1. The van der Waals surface area contributed by atoms with Gasteiger partial charge in [0.25, 0.3) is 0 Å². The summed E-state index contributed by atoms with van der Waals surface area (Å²) in [5.41, 5.74) is 1.30. The van der Waals surface area contributed by atoms with Crippen molar-refractivity contribution >= 4 is 29.3 Å². The summed E-state index contributed by atoms with van der Waals surface area (Å²) in [6, 6.07) is 5.07. The van der Waals surface area contributed by atoms with E-state index in [-0.39, 0.29) is 5.97 Å². The van der Waals surface area contributed by atoms with Gasteiger partial charge in [0.05, 0.1) is 17.3 Å². The first kappa shape index (κ1) is 12.4. The van der Waals surface area contributed by atoms with Crippen LogP contribution < -0.4 is 0 Å². The van der Waals surface area contributed by atoms with Crippen molar-refractivity contribution in [1.29, 1.82) is 0 Å². The second-order valence-electron chi connectivity index (χ2n) is 3.08. The number of hydrogen-bond acceptors (Lipinski definition) is 4. The second-order valence-corrected chi connectivity index (χ2v) is 3.49. The van der Waals surface area contributed by atoms with E-state index < -0.39 is 0 Å². The Hall–Kier alpha value is -1.64. The zero-order valence-electron chi connectivity index (χ0n) is 8.70. The summed E-state index contributed by atoms with van der Waals surface area (Å²) in [6.07, 6.45) is 2.00. The van der Waals surface area contributed by atoms with E-state index in [0.717, 1.165) is 5.56 Å². The van der Waals surface area contributed by atoms with E-state index in [1.165, 1.54) is 13.0 Å². The lowest BCUT2D eigenvalue weighted by Crippen LogP contribution is -2.03. The zero-order chi connectivity index (χ0) is 12.0. The van der Waals surface area contributed by atoms with Crippen LogP contribution in [-0.2, 0) is 20.7 Å². The van der Waals surface area contributed by atoms with E-state index in [9.17, 15) is 9.59 Å². The van der Waals surface area contributed by atoms with Gasteiger partial charge in [-0.3, -0.25) is 4.79 Å². The molecule has 1 aromatic carbocycles. The molecule has 1 rings (SSSR count). The highest BCUT2D eigenvalue weighted by Crippen LogP contribution is 2.25. The van der Waals surface area contributed by atoms with Crippen molar-refractivity contribution < 1.29 is 14.3 Å². The lowest BCUT2D eigenvalue weighted by atomic mass is 10.1. The molecule has 16 heavy (non-hydrogen) atoms. The van der Waals surface area contributed by atoms with Crippen molar-refractivity contribution in [3.63, 3.8) is 0 Å². The minimum Gasteiger partial charge on any atom is -0.466 e. The fraction of sp³-hybridized carbons (Fsp3) is 0.273. The van der Waals surface area contributed by atoms with Crippen LogP contribution in [0.3, 0.4) is 0 Å². The molecule has 0 fully saturated rings. The Morgan fingerprint density at radius 1 is 1.56 bits per heavy atom. The number of rotatable bonds is 4. The molecular formula is C11H10ClNO3. The zero-order valence-corrected chi connectivity index (χ0v) is 9.45. The van der Waals surface area contributed by atoms with Gasteiger partial charge < -0.3 is 4.74 Å². The van der Waals surface area contributed by atoms with Gasteiger partial charge in [-0.2, -0.15) is 4.99 Å². The molecule has 5 heteroatoms. The number of carbonyl (C=O) groups is 1. The van der Waals surface area contributed by atoms with Gasteiger partial charge in [-0.25, -0.2) is 4.79 Å². The molecule has 0 saturated heterocycles. The monoisotopic (exact) mass is 239 g/mol. The minimum absolute atomic E-state index is 0.307. The molecule has 0 radical (unpaired) electrons. The largest absolute Gasteiger partial charge is 0.466 e. The summed E-state index contributed by atoms with van der Waals surface area (Å²) in [7, 11) is 0. The quantitative estimate of drug-likeness (QED) is 0.461. The molecule has 0 N–H and O–H groups in total. The lowest BCUT2D eigenvalue weighted by Gasteiger charge is -2.03. The summed E-state index contributed by atoms with van der Waals surface area (Å²) >= 11 is 5.87. The van der Waals surface area contributed by atoms with Crippen molar-refractivity contribution in [1.82, 2.24) is 0 Å². The number of carbonyl (C=O) groups excluding carboxylic acids is 2. The smallest absolute Gasteiger partial charge is 0.302 e. The maximum absolute atomic E-state index is 10.5. The first-order valence-electron chi connectivity index (χ1n) is 4.63. The summed E-state index contributed by atoms with van der Waals surface area (Å²) in [5, 5.41) is 0.378. The number of nitrogens with zero attached hydrogens (tertiary/aromatic N) is 1. The molecule has 0 atom stereocenters. The van der Waals surface area contributed by atoms with Gasteiger partial charge in [0.1, 0.15) is 0 Å². The molecule has 0 aliphatic heterocycles. The van der Waals surface area contributed by atoms with Crippen LogP contribution >= 0.6 is 11.6 Å². The average molecular weight is 240 g/mol. The summed E-state index contributed by atoms with van der Waals surface area (Å²) in [6.45, 7) is 1.66. The van der Waals surface area contributed by atoms with E-state index in [0.29, 0.717) is 23.7 Å². The molecule has 0 bridgehead atoms. The van der Waals surface area contributed by atoms with Crippen LogP contribution in [0.1, 0.15) is 12.5 Å². The first-order chi connectivity index (χ1) is 7.63. The maximum atomic E-state index is 10.5. The van der Waals surface area contributed by atoms with Crippen LogP contribution in [0.25, 0.3) is 0 Å². The summed E-state index contributed by atoms with van der Waals surface area (Å²) in [4.78, 5) is 24.0. The number of esters is 1. The molecule has 0 aromatic heterocycles. The highest BCUT2D eigenvalue weighted by atomic mass is 35.5. The standard InChI is InChI=1S/C11H10ClNO3/c1-8(15)16-5-4-9-2-3-11(13-7-14)10(12)6-9/h2-3,6H,4-5H2,1H3. The molecule has 84 valence electrons. The van der Waals surface area contributed by atoms with Gasteiger partial charge in [-0.15, -0.1) is 0 Å². The molecule has 0 aliphatic rings. The van der Waals surface area contributed by atoms with Gasteiger partial charge in [-0.05, 0) is 17.7 Å². The van der Waals surface area contributed by atoms with E-state index in [1.54, 1.807) is 18.2 Å². The predicted octanol–water partition coefficient (Wildman–Crippen LogP) is 2.41. The molecule has 0 unspecified atom stereocenters. The van der Waals surface area contributed by atoms with E-state index in [1.807, 2.05) is 0 Å². The average Bonchev–Trinajstić information content (AvgIpc) is 2.21. The van der Waals surface area contributed by atoms with Crippen LogP contribution in [0.5, 0.6) is 0 Å². The number of aliphatic imine (C=N–C) groups is 1. The van der Waals surface area contributed by atoms with Crippen molar-refractivity contribution in [2.45, 2.75) is 13.3 Å². The number of hydrogen-bond donors (Lipinski definition) is 0. The van der Waals surface area contributed by atoms with Gasteiger partial charge in [0.15, 0.2) is 0 Å². The third-order valence-corrected chi connectivity index (χ3v) is 2.18. The van der Waals surface area contributed by atoms with E-state index in [4.69, 9.17) is 16.3 Å². The van der Waals surface area contributed by atoms with Crippen molar-refractivity contribution in [2.24, 2.45) is 4.99 Å². The van der Waals surface area contributed by atoms with E-state index >= 15 is 0 Å². The van der Waals surface area contributed by atoms with Crippen molar-refractivity contribution in [3.8, 4) is 0 Å². The van der Waals surface area contributed by atoms with Crippen LogP contribution in [0, 0.1) is 0 Å². The minimum atomic E-state index is -0.312. The van der Waals surface area contributed by atoms with Gasteiger partial charge in [0, 0.05) is 13.3 Å². The molecule has 0 saturated carbocycles. The predicted molar refractivity (Wildman–Crippen MR) is 59.6 cm³/mol. The molecular weight excluding hydrogens is 230 g/mol. The Kier molecular flexibility index (Phi) is 4.70. The first-order valence-corrected chi connectivity index (χ1v) is 5.01. The summed E-state index contributed by atoms with van der Waals surface area (Å²) < 4.78 is 4.80.